The Bertz CT molecular complexity index is 864. The average Bonchev–Trinajstić information content (AvgIpc) is 2.68. The molecule has 0 amide bonds. The quantitative estimate of drug-likeness (QED) is 0.465. The summed E-state index contributed by atoms with van der Waals surface area (Å²) in [5, 5.41) is 0. The fourth-order valence-electron chi connectivity index (χ4n) is 2.70. The van der Waals surface area contributed by atoms with E-state index in [4.69, 9.17) is 9.98 Å². The number of hydrogen-bond acceptors (Lipinski definition) is 2. The van der Waals surface area contributed by atoms with Gasteiger partial charge in [-0.05, 0) is 49.8 Å². The Kier molecular flexibility index (Phi) is 5.89. The zero-order valence-electron chi connectivity index (χ0n) is 15.1. The largest absolute Gasteiger partial charge is 0.253 e. The van der Waals surface area contributed by atoms with E-state index in [1.165, 1.54) is 0 Å². The van der Waals surface area contributed by atoms with Gasteiger partial charge >= 0.3 is 0 Å². The molecule has 0 atom stereocenters. The fraction of sp³-hybridized carbons (Fsp3) is 0.0833. The van der Waals surface area contributed by atoms with Crippen LogP contribution in [0.25, 0.3) is 6.08 Å². The van der Waals surface area contributed by atoms with Crippen molar-refractivity contribution in [3.8, 4) is 0 Å². The first-order chi connectivity index (χ1) is 12.7. The third kappa shape index (κ3) is 4.87. The molecular formula is C24H22N2. The lowest BCUT2D eigenvalue weighted by Crippen LogP contribution is -2.07. The number of benzene rings is 3. The molecule has 26 heavy (non-hydrogen) atoms. The van der Waals surface area contributed by atoms with Crippen LogP contribution in [0.2, 0.25) is 0 Å². The van der Waals surface area contributed by atoms with Crippen LogP contribution in [0.1, 0.15) is 19.4 Å². The predicted octanol–water partition coefficient (Wildman–Crippen LogP) is 6.66. The SMILES string of the molecule is CC(=Nc1ccccc1)C(=Cc1ccccc1)C(C)=Nc1ccccc1. The van der Waals surface area contributed by atoms with E-state index in [0.717, 1.165) is 33.9 Å². The second-order valence-corrected chi connectivity index (χ2v) is 6.03. The summed E-state index contributed by atoms with van der Waals surface area (Å²) in [4.78, 5) is 9.57. The predicted molar refractivity (Wildman–Crippen MR) is 113 cm³/mol. The maximum atomic E-state index is 4.79. The van der Waals surface area contributed by atoms with Crippen molar-refractivity contribution in [2.45, 2.75) is 13.8 Å². The van der Waals surface area contributed by atoms with Gasteiger partial charge in [-0.15, -0.1) is 0 Å². The van der Waals surface area contributed by atoms with E-state index >= 15 is 0 Å². The highest BCUT2D eigenvalue weighted by Crippen LogP contribution is 2.19. The lowest BCUT2D eigenvalue weighted by atomic mass is 10.0. The van der Waals surface area contributed by atoms with Crippen LogP contribution < -0.4 is 0 Å². The summed E-state index contributed by atoms with van der Waals surface area (Å²) >= 11 is 0. The van der Waals surface area contributed by atoms with Crippen molar-refractivity contribution in [2.24, 2.45) is 9.98 Å². The number of allylic oxidation sites excluding steroid dienone is 1. The van der Waals surface area contributed by atoms with E-state index in [2.05, 4.69) is 18.2 Å². The Morgan fingerprint density at radius 2 is 0.962 bits per heavy atom. The number of aliphatic imine (C=N–C) groups is 2. The van der Waals surface area contributed by atoms with Crippen LogP contribution >= 0.6 is 0 Å². The van der Waals surface area contributed by atoms with Crippen molar-refractivity contribution in [3.05, 3.63) is 102 Å². The lowest BCUT2D eigenvalue weighted by molar-refractivity contribution is 1.46. The summed E-state index contributed by atoms with van der Waals surface area (Å²) in [5.74, 6) is 0. The van der Waals surface area contributed by atoms with Crippen LogP contribution in [-0.2, 0) is 0 Å². The van der Waals surface area contributed by atoms with Crippen LogP contribution in [0.5, 0.6) is 0 Å². The van der Waals surface area contributed by atoms with E-state index in [-0.39, 0.29) is 0 Å². The average molecular weight is 338 g/mol. The van der Waals surface area contributed by atoms with Gasteiger partial charge in [0.15, 0.2) is 0 Å². The maximum absolute atomic E-state index is 4.79. The van der Waals surface area contributed by atoms with E-state index in [9.17, 15) is 0 Å². The van der Waals surface area contributed by atoms with Gasteiger partial charge in [-0.25, -0.2) is 0 Å². The first kappa shape index (κ1) is 17.6. The maximum Gasteiger partial charge on any atom is 0.0633 e. The van der Waals surface area contributed by atoms with Gasteiger partial charge in [0, 0.05) is 17.0 Å². The standard InChI is InChI=1S/C24H22N2/c1-19(25-22-14-8-4-9-15-22)24(18-21-12-6-3-7-13-21)20(2)26-23-16-10-5-11-17-23/h3-18H,1-2H3. The van der Waals surface area contributed by atoms with Crippen LogP contribution in [0.3, 0.4) is 0 Å². The molecule has 3 rings (SSSR count). The Labute approximate surface area is 155 Å². The van der Waals surface area contributed by atoms with Crippen molar-refractivity contribution in [2.75, 3.05) is 0 Å². The smallest absolute Gasteiger partial charge is 0.0633 e. The molecule has 0 aromatic heterocycles. The normalized spacial score (nSPS) is 11.9. The number of rotatable bonds is 5. The number of nitrogens with zero attached hydrogens (tertiary/aromatic N) is 2. The topological polar surface area (TPSA) is 24.7 Å². The third-order valence-corrected chi connectivity index (χ3v) is 4.00. The second kappa shape index (κ2) is 8.72. The van der Waals surface area contributed by atoms with Gasteiger partial charge in [0.2, 0.25) is 0 Å². The Morgan fingerprint density at radius 1 is 0.577 bits per heavy atom. The molecule has 0 bridgehead atoms. The van der Waals surface area contributed by atoms with Gasteiger partial charge in [-0.3, -0.25) is 9.98 Å². The molecule has 0 radical (unpaired) electrons. The van der Waals surface area contributed by atoms with Gasteiger partial charge < -0.3 is 0 Å². The van der Waals surface area contributed by atoms with Crippen LogP contribution in [0.15, 0.2) is 107 Å². The molecule has 0 aliphatic carbocycles. The highest BCUT2D eigenvalue weighted by atomic mass is 14.8. The van der Waals surface area contributed by atoms with Crippen molar-refractivity contribution < 1.29 is 0 Å². The Hall–Kier alpha value is -3.26. The first-order valence-corrected chi connectivity index (χ1v) is 8.70. The fourth-order valence-corrected chi connectivity index (χ4v) is 2.70. The molecule has 0 heterocycles. The zero-order valence-corrected chi connectivity index (χ0v) is 15.1. The van der Waals surface area contributed by atoms with Gasteiger partial charge in [-0.1, -0.05) is 66.7 Å². The number of para-hydroxylation sites is 2. The van der Waals surface area contributed by atoms with Crippen molar-refractivity contribution in [3.63, 3.8) is 0 Å². The lowest BCUT2D eigenvalue weighted by Gasteiger charge is -2.09. The molecule has 0 unspecified atom stereocenters. The molecule has 3 aromatic rings. The van der Waals surface area contributed by atoms with E-state index in [0.29, 0.717) is 0 Å². The van der Waals surface area contributed by atoms with Crippen LogP contribution in [0, 0.1) is 0 Å². The first-order valence-electron chi connectivity index (χ1n) is 8.70. The molecule has 0 saturated carbocycles. The molecular weight excluding hydrogens is 316 g/mol. The molecule has 0 saturated heterocycles. The summed E-state index contributed by atoms with van der Waals surface area (Å²) in [5.41, 5.74) is 5.93. The summed E-state index contributed by atoms with van der Waals surface area (Å²) in [6, 6.07) is 30.3. The van der Waals surface area contributed by atoms with Crippen LogP contribution in [-0.4, -0.2) is 11.4 Å². The molecule has 2 heteroatoms. The van der Waals surface area contributed by atoms with Gasteiger partial charge in [0.25, 0.3) is 0 Å². The molecule has 0 aliphatic rings. The second-order valence-electron chi connectivity index (χ2n) is 6.03. The summed E-state index contributed by atoms with van der Waals surface area (Å²) in [7, 11) is 0. The molecule has 0 fully saturated rings. The zero-order chi connectivity index (χ0) is 18.2. The minimum Gasteiger partial charge on any atom is -0.253 e. The molecule has 0 aliphatic heterocycles. The summed E-state index contributed by atoms with van der Waals surface area (Å²) < 4.78 is 0. The summed E-state index contributed by atoms with van der Waals surface area (Å²) in [6.07, 6.45) is 2.14. The van der Waals surface area contributed by atoms with E-state index < -0.39 is 0 Å². The van der Waals surface area contributed by atoms with Gasteiger partial charge in [0.1, 0.15) is 0 Å². The van der Waals surface area contributed by atoms with Crippen molar-refractivity contribution >= 4 is 28.9 Å². The minimum atomic E-state index is 0.941. The molecule has 128 valence electrons. The Balaban J connectivity index is 2.03. The Morgan fingerprint density at radius 3 is 1.38 bits per heavy atom. The molecule has 0 N–H and O–H groups in total. The monoisotopic (exact) mass is 338 g/mol. The molecule has 2 nitrogen and oxygen atoms in total. The highest BCUT2D eigenvalue weighted by molar-refractivity contribution is 6.26. The van der Waals surface area contributed by atoms with Gasteiger partial charge in [-0.2, -0.15) is 0 Å². The molecule has 3 aromatic carbocycles. The van der Waals surface area contributed by atoms with Crippen molar-refractivity contribution in [1.29, 1.82) is 0 Å². The summed E-state index contributed by atoms with van der Waals surface area (Å²) in [6.45, 7) is 4.07. The number of hydrogen-bond donors (Lipinski definition) is 0. The van der Waals surface area contributed by atoms with E-state index in [1.807, 2.05) is 92.7 Å². The van der Waals surface area contributed by atoms with Crippen molar-refractivity contribution in [1.82, 2.24) is 0 Å². The van der Waals surface area contributed by atoms with Crippen LogP contribution in [0.4, 0.5) is 11.4 Å². The van der Waals surface area contributed by atoms with E-state index in [1.54, 1.807) is 0 Å². The molecule has 0 spiro atoms. The highest BCUT2D eigenvalue weighted by Gasteiger charge is 2.07. The third-order valence-electron chi connectivity index (χ3n) is 4.00. The minimum absolute atomic E-state index is 0.941. The van der Waals surface area contributed by atoms with Gasteiger partial charge in [0.05, 0.1) is 11.4 Å².